The molecular formula is C24H26FN3O4. The zero-order valence-electron chi connectivity index (χ0n) is 17.9. The molecule has 0 bridgehead atoms. The van der Waals surface area contributed by atoms with E-state index in [-0.39, 0.29) is 18.6 Å². The van der Waals surface area contributed by atoms with Gasteiger partial charge in [0.15, 0.2) is 6.17 Å². The molecule has 4 rings (SSSR count). The summed E-state index contributed by atoms with van der Waals surface area (Å²) >= 11 is 0. The predicted molar refractivity (Wildman–Crippen MR) is 120 cm³/mol. The van der Waals surface area contributed by atoms with Gasteiger partial charge in [0.1, 0.15) is 11.9 Å². The summed E-state index contributed by atoms with van der Waals surface area (Å²) in [5, 5.41) is 10.4. The second-order valence-corrected chi connectivity index (χ2v) is 8.03. The van der Waals surface area contributed by atoms with E-state index >= 15 is 0 Å². The normalized spacial score (nSPS) is 18.6. The number of amides is 1. The Morgan fingerprint density at radius 3 is 2.72 bits per heavy atom. The number of hydrogen-bond acceptors (Lipinski definition) is 4. The van der Waals surface area contributed by atoms with Crippen LogP contribution in [-0.4, -0.2) is 51.0 Å². The van der Waals surface area contributed by atoms with E-state index in [1.807, 2.05) is 24.4 Å². The summed E-state index contributed by atoms with van der Waals surface area (Å²) in [5.41, 5.74) is 1.78. The molecule has 1 N–H and O–H groups in total. The van der Waals surface area contributed by atoms with Gasteiger partial charge in [0.25, 0.3) is 5.56 Å². The predicted octanol–water partition coefficient (Wildman–Crippen LogP) is 4.33. The molecule has 7 nitrogen and oxygen atoms in total. The molecule has 1 saturated heterocycles. The number of rotatable bonds is 6. The van der Waals surface area contributed by atoms with Crippen LogP contribution in [0.5, 0.6) is 5.75 Å². The van der Waals surface area contributed by atoms with Crippen LogP contribution in [0, 0.1) is 0 Å². The maximum atomic E-state index is 14.4. The Hall–Kier alpha value is -3.42. The minimum atomic E-state index is -1.38. The highest BCUT2D eigenvalue weighted by molar-refractivity contribution is 5.95. The fourth-order valence-electron chi connectivity index (χ4n) is 4.04. The van der Waals surface area contributed by atoms with E-state index in [9.17, 15) is 14.0 Å². The Balaban J connectivity index is 1.58. The highest BCUT2D eigenvalue weighted by Crippen LogP contribution is 2.29. The Morgan fingerprint density at radius 1 is 1.25 bits per heavy atom. The first-order valence-corrected chi connectivity index (χ1v) is 10.8. The number of pyridine rings is 2. The van der Waals surface area contributed by atoms with Crippen molar-refractivity contribution in [2.24, 2.45) is 0 Å². The van der Waals surface area contributed by atoms with Crippen LogP contribution in [0.15, 0.2) is 53.7 Å². The smallest absolute Gasteiger partial charge is 0.407 e. The number of piperidine rings is 1. The van der Waals surface area contributed by atoms with Crippen molar-refractivity contribution in [1.29, 1.82) is 0 Å². The maximum Gasteiger partial charge on any atom is 0.407 e. The zero-order chi connectivity index (χ0) is 22.7. The fourth-order valence-corrected chi connectivity index (χ4v) is 4.04. The summed E-state index contributed by atoms with van der Waals surface area (Å²) in [6.07, 6.45) is 4.18. The SMILES string of the molecule is CCCCn1cc(-c2ccc(O[C@H]3CCN(C(=O)O)C[C@@H]3F)cc2)c2ccncc2c1=O. The van der Waals surface area contributed by atoms with Crippen molar-refractivity contribution < 1.29 is 19.0 Å². The van der Waals surface area contributed by atoms with Crippen molar-refractivity contribution in [2.45, 2.75) is 45.0 Å². The van der Waals surface area contributed by atoms with Crippen LogP contribution in [0.25, 0.3) is 21.9 Å². The molecule has 0 radical (unpaired) electrons. The van der Waals surface area contributed by atoms with Crippen LogP contribution in [0.1, 0.15) is 26.2 Å². The minimum Gasteiger partial charge on any atom is -0.487 e. The molecule has 2 aromatic heterocycles. The number of carbonyl (C=O) groups is 1. The Bertz CT molecular complexity index is 1160. The first-order valence-electron chi connectivity index (χ1n) is 10.8. The van der Waals surface area contributed by atoms with Crippen molar-refractivity contribution in [3.05, 3.63) is 59.3 Å². The average molecular weight is 439 g/mol. The lowest BCUT2D eigenvalue weighted by Crippen LogP contribution is -2.48. The number of nitrogens with zero attached hydrogens (tertiary/aromatic N) is 3. The highest BCUT2D eigenvalue weighted by Gasteiger charge is 2.33. The molecule has 1 aromatic carbocycles. The molecule has 0 spiro atoms. The number of likely N-dealkylation sites (tertiary alicyclic amines) is 1. The van der Waals surface area contributed by atoms with Crippen LogP contribution in [0.3, 0.4) is 0 Å². The van der Waals surface area contributed by atoms with E-state index in [4.69, 9.17) is 9.84 Å². The quantitative estimate of drug-likeness (QED) is 0.618. The third-order valence-corrected chi connectivity index (χ3v) is 5.85. The Labute approximate surface area is 185 Å². The summed E-state index contributed by atoms with van der Waals surface area (Å²) in [5.74, 6) is 0.524. The van der Waals surface area contributed by atoms with Crippen LogP contribution < -0.4 is 10.3 Å². The lowest BCUT2D eigenvalue weighted by atomic mass is 10.0. The van der Waals surface area contributed by atoms with E-state index in [1.54, 1.807) is 29.1 Å². The summed E-state index contributed by atoms with van der Waals surface area (Å²) in [4.78, 5) is 29.0. The van der Waals surface area contributed by atoms with Gasteiger partial charge in [-0.2, -0.15) is 0 Å². The van der Waals surface area contributed by atoms with Crippen LogP contribution >= 0.6 is 0 Å². The molecule has 0 saturated carbocycles. The fraction of sp³-hybridized carbons (Fsp3) is 0.375. The number of carboxylic acid groups (broad SMARTS) is 1. The standard InChI is InChI=1S/C24H26FN3O4/c1-2-3-11-27-14-20(18-8-10-26-13-19(18)23(27)29)16-4-6-17(7-5-16)32-22-9-12-28(24(30)31)15-21(22)25/h4-8,10,13-14,21-22H,2-3,9,11-12,15H2,1H3,(H,30,31)/t21-,22-/m0/s1. The molecule has 3 aromatic rings. The molecular weight excluding hydrogens is 413 g/mol. The molecule has 3 heterocycles. The summed E-state index contributed by atoms with van der Waals surface area (Å²) in [6.45, 7) is 2.79. The molecule has 0 unspecified atom stereocenters. The van der Waals surface area contributed by atoms with Crippen molar-refractivity contribution in [1.82, 2.24) is 14.5 Å². The maximum absolute atomic E-state index is 14.4. The number of aromatic nitrogens is 2. The minimum absolute atomic E-state index is 0.0491. The van der Waals surface area contributed by atoms with Gasteiger partial charge >= 0.3 is 6.09 Å². The molecule has 1 aliphatic rings. The van der Waals surface area contributed by atoms with Gasteiger partial charge in [-0.05, 0) is 35.6 Å². The second kappa shape index (κ2) is 9.38. The van der Waals surface area contributed by atoms with Gasteiger partial charge < -0.3 is 19.3 Å². The summed E-state index contributed by atoms with van der Waals surface area (Å²) in [7, 11) is 0. The van der Waals surface area contributed by atoms with Crippen LogP contribution in [0.2, 0.25) is 0 Å². The molecule has 1 fully saturated rings. The third-order valence-electron chi connectivity index (χ3n) is 5.85. The molecule has 1 amide bonds. The molecule has 32 heavy (non-hydrogen) atoms. The van der Waals surface area contributed by atoms with Crippen molar-refractivity contribution >= 4 is 16.9 Å². The van der Waals surface area contributed by atoms with Gasteiger partial charge in [0, 0.05) is 43.7 Å². The lowest BCUT2D eigenvalue weighted by Gasteiger charge is -2.33. The summed E-state index contributed by atoms with van der Waals surface area (Å²) < 4.78 is 21.9. The lowest BCUT2D eigenvalue weighted by molar-refractivity contribution is 0.0249. The number of unbranched alkanes of at least 4 members (excludes halogenated alkanes) is 1. The highest BCUT2D eigenvalue weighted by atomic mass is 19.1. The molecule has 168 valence electrons. The van der Waals surface area contributed by atoms with Gasteiger partial charge in [-0.3, -0.25) is 9.78 Å². The van der Waals surface area contributed by atoms with Gasteiger partial charge in [-0.15, -0.1) is 0 Å². The topological polar surface area (TPSA) is 84.7 Å². The Morgan fingerprint density at radius 2 is 2.03 bits per heavy atom. The number of fused-ring (bicyclic) bond motifs is 1. The second-order valence-electron chi connectivity index (χ2n) is 8.03. The first kappa shape index (κ1) is 21.8. The molecule has 2 atom stereocenters. The van der Waals surface area contributed by atoms with Crippen molar-refractivity contribution in [3.8, 4) is 16.9 Å². The monoisotopic (exact) mass is 439 g/mol. The number of ether oxygens (including phenoxy) is 1. The van der Waals surface area contributed by atoms with Crippen molar-refractivity contribution in [3.63, 3.8) is 0 Å². The zero-order valence-corrected chi connectivity index (χ0v) is 17.9. The number of hydrogen-bond donors (Lipinski definition) is 1. The van der Waals surface area contributed by atoms with Gasteiger partial charge in [0.2, 0.25) is 0 Å². The third kappa shape index (κ3) is 4.44. The van der Waals surface area contributed by atoms with Crippen LogP contribution in [0.4, 0.5) is 9.18 Å². The first-order chi connectivity index (χ1) is 15.5. The van der Waals surface area contributed by atoms with Gasteiger partial charge in [0.05, 0.1) is 11.9 Å². The molecule has 0 aliphatic carbocycles. The van der Waals surface area contributed by atoms with E-state index in [0.29, 0.717) is 24.1 Å². The van der Waals surface area contributed by atoms with E-state index in [2.05, 4.69) is 11.9 Å². The van der Waals surface area contributed by atoms with Gasteiger partial charge in [-0.1, -0.05) is 25.5 Å². The number of aryl methyl sites for hydroxylation is 1. The van der Waals surface area contributed by atoms with E-state index < -0.39 is 18.4 Å². The average Bonchev–Trinajstić information content (AvgIpc) is 2.80. The number of benzene rings is 1. The summed E-state index contributed by atoms with van der Waals surface area (Å²) in [6, 6.07) is 9.17. The van der Waals surface area contributed by atoms with E-state index in [1.165, 1.54) is 0 Å². The number of alkyl halides is 1. The molecule has 8 heteroatoms. The number of halogens is 1. The van der Waals surface area contributed by atoms with Gasteiger partial charge in [-0.25, -0.2) is 9.18 Å². The van der Waals surface area contributed by atoms with Crippen LogP contribution in [-0.2, 0) is 6.54 Å². The van der Waals surface area contributed by atoms with E-state index in [0.717, 1.165) is 34.3 Å². The Kier molecular flexibility index (Phi) is 6.39. The largest absolute Gasteiger partial charge is 0.487 e. The van der Waals surface area contributed by atoms with Crippen molar-refractivity contribution in [2.75, 3.05) is 13.1 Å². The molecule has 1 aliphatic heterocycles.